The van der Waals surface area contributed by atoms with E-state index >= 15 is 0 Å². The number of hydrogen-bond donors (Lipinski definition) is 0. The van der Waals surface area contributed by atoms with Gasteiger partial charge in [0.1, 0.15) is 0 Å². The number of carbonyl (C=O) groups is 1. The lowest BCUT2D eigenvalue weighted by atomic mass is 10.3. The van der Waals surface area contributed by atoms with Crippen LogP contribution in [0.25, 0.3) is 0 Å². The lowest BCUT2D eigenvalue weighted by Gasteiger charge is -1.93. The Bertz CT molecular complexity index is 106. The van der Waals surface area contributed by atoms with E-state index in [1.807, 2.05) is 0 Å². The number of ketones is 1. The minimum Gasteiger partial charge on any atom is -0.792 e. The Morgan fingerprint density at radius 2 is 2.00 bits per heavy atom. The molecule has 0 atom stereocenters. The minimum absolute atomic E-state index is 0.0278. The predicted molar refractivity (Wildman–Crippen MR) is 27.2 cm³/mol. The third kappa shape index (κ3) is 1.92. The molecule has 0 fully saturated rings. The lowest BCUT2D eigenvalue weighted by Crippen LogP contribution is -2.02. The Kier molecular flexibility index (Phi) is 2.05. The highest BCUT2D eigenvalue weighted by Gasteiger charge is 1.90. The zero-order valence-corrected chi connectivity index (χ0v) is 4.26. The molecule has 0 radical (unpaired) electrons. The van der Waals surface area contributed by atoms with Gasteiger partial charge in [-0.2, -0.15) is 0 Å². The van der Waals surface area contributed by atoms with Crippen LogP contribution in [0, 0.1) is 5.21 Å². The second-order valence-electron chi connectivity index (χ2n) is 1.23. The van der Waals surface area contributed by atoms with Crippen molar-refractivity contribution in [2.45, 2.75) is 13.8 Å². The van der Waals surface area contributed by atoms with Gasteiger partial charge in [0.15, 0.2) is 5.78 Å². The quantitative estimate of drug-likeness (QED) is 0.356. The summed E-state index contributed by atoms with van der Waals surface area (Å²) in [6.45, 7) is 2.69. The van der Waals surface area contributed by atoms with Crippen LogP contribution in [0.1, 0.15) is 13.8 Å². The van der Waals surface area contributed by atoms with Gasteiger partial charge in [0.05, 0.1) is 5.71 Å². The average Bonchev–Trinajstić information content (AvgIpc) is 1.65. The first kappa shape index (κ1) is 6.14. The molecule has 0 spiro atoms. The number of rotatable bonds is 1. The lowest BCUT2D eigenvalue weighted by molar-refractivity contribution is -0.111. The molecule has 0 aromatic rings. The van der Waals surface area contributed by atoms with Crippen LogP contribution in [-0.2, 0) is 4.79 Å². The topological polar surface area (TPSA) is 52.5 Å². The third-order valence-corrected chi connectivity index (χ3v) is 0.646. The Morgan fingerprint density at radius 3 is 2.00 bits per heavy atom. The first-order valence-electron chi connectivity index (χ1n) is 1.86. The van der Waals surface area contributed by atoms with Crippen LogP contribution in [0.2, 0.25) is 0 Å². The molecule has 0 saturated heterocycles. The molecule has 0 aromatic heterocycles. The molecule has 0 heterocycles. The van der Waals surface area contributed by atoms with Crippen molar-refractivity contribution in [3.63, 3.8) is 0 Å². The number of carbonyl (C=O) groups excluding carboxylic acids is 1. The van der Waals surface area contributed by atoms with Crippen LogP contribution < -0.4 is 0 Å². The van der Waals surface area contributed by atoms with Crippen molar-refractivity contribution in [3.05, 3.63) is 5.21 Å². The maximum absolute atomic E-state index is 10.0. The van der Waals surface area contributed by atoms with Gasteiger partial charge in [0.25, 0.3) is 0 Å². The summed E-state index contributed by atoms with van der Waals surface area (Å²) in [6, 6.07) is 0. The number of nitrogens with zero attached hydrogens (tertiary/aromatic N) is 1. The predicted octanol–water partition coefficient (Wildman–Crippen LogP) is 0.534. The van der Waals surface area contributed by atoms with E-state index in [0.29, 0.717) is 0 Å². The van der Waals surface area contributed by atoms with E-state index in [2.05, 4.69) is 5.16 Å². The van der Waals surface area contributed by atoms with E-state index < -0.39 is 0 Å². The molecule has 0 N–H and O–H groups in total. The van der Waals surface area contributed by atoms with Gasteiger partial charge < -0.3 is 10.4 Å². The van der Waals surface area contributed by atoms with Crippen molar-refractivity contribution in [2.24, 2.45) is 5.16 Å². The zero-order valence-electron chi connectivity index (χ0n) is 4.26. The first-order valence-corrected chi connectivity index (χ1v) is 1.86. The average molecular weight is 100 g/mol. The second kappa shape index (κ2) is 2.34. The molecular weight excluding hydrogens is 94.0 g/mol. The molecule has 0 aliphatic rings. The molecule has 3 nitrogen and oxygen atoms in total. The molecule has 0 aliphatic carbocycles. The molecule has 7 heavy (non-hydrogen) atoms. The Hall–Kier alpha value is -0.860. The molecule has 0 aliphatic heterocycles. The van der Waals surface area contributed by atoms with Gasteiger partial charge in [-0.15, -0.1) is 0 Å². The van der Waals surface area contributed by atoms with E-state index in [1.165, 1.54) is 13.8 Å². The Balaban J connectivity index is 3.82. The molecule has 0 aromatic carbocycles. The van der Waals surface area contributed by atoms with Crippen molar-refractivity contribution in [1.82, 2.24) is 0 Å². The molecular formula is C4H6NO2-. The molecule has 0 bridgehead atoms. The van der Waals surface area contributed by atoms with Gasteiger partial charge in [-0.3, -0.25) is 4.79 Å². The van der Waals surface area contributed by atoms with E-state index in [4.69, 9.17) is 0 Å². The maximum atomic E-state index is 10.0. The molecule has 0 rings (SSSR count). The van der Waals surface area contributed by atoms with E-state index in [9.17, 15) is 10.0 Å². The van der Waals surface area contributed by atoms with E-state index in [0.717, 1.165) is 0 Å². The summed E-state index contributed by atoms with van der Waals surface area (Å²) >= 11 is 0. The van der Waals surface area contributed by atoms with Crippen LogP contribution in [0.15, 0.2) is 5.16 Å². The van der Waals surface area contributed by atoms with Crippen molar-refractivity contribution in [1.29, 1.82) is 0 Å². The fraction of sp³-hybridized carbons (Fsp3) is 0.500. The van der Waals surface area contributed by atoms with Gasteiger partial charge in [-0.1, -0.05) is 0 Å². The molecule has 0 unspecified atom stereocenters. The van der Waals surface area contributed by atoms with E-state index in [1.54, 1.807) is 0 Å². The summed E-state index contributed by atoms with van der Waals surface area (Å²) in [5.41, 5.74) is 0.0278. The normalized spacial score (nSPS) is 11.4. The Morgan fingerprint density at radius 1 is 1.57 bits per heavy atom. The SMILES string of the molecule is CC(=O)/C(C)=N\[O-]. The zero-order chi connectivity index (χ0) is 5.86. The van der Waals surface area contributed by atoms with Gasteiger partial charge in [-0.25, -0.2) is 0 Å². The van der Waals surface area contributed by atoms with Gasteiger partial charge in [0.2, 0.25) is 0 Å². The van der Waals surface area contributed by atoms with Crippen molar-refractivity contribution >= 4 is 11.5 Å². The molecule has 40 valence electrons. The highest BCUT2D eigenvalue weighted by atomic mass is 16.4. The summed E-state index contributed by atoms with van der Waals surface area (Å²) in [6.07, 6.45) is 0. The first-order chi connectivity index (χ1) is 3.18. The maximum Gasteiger partial charge on any atom is 0.172 e. The smallest absolute Gasteiger partial charge is 0.172 e. The van der Waals surface area contributed by atoms with Crippen molar-refractivity contribution in [3.8, 4) is 0 Å². The van der Waals surface area contributed by atoms with Crippen molar-refractivity contribution < 1.29 is 4.79 Å². The Labute approximate surface area is 41.6 Å². The highest BCUT2D eigenvalue weighted by Crippen LogP contribution is 1.75. The van der Waals surface area contributed by atoms with E-state index in [-0.39, 0.29) is 11.5 Å². The molecule has 3 heteroatoms. The van der Waals surface area contributed by atoms with Crippen molar-refractivity contribution in [2.75, 3.05) is 0 Å². The van der Waals surface area contributed by atoms with Gasteiger partial charge >= 0.3 is 0 Å². The van der Waals surface area contributed by atoms with Crippen LogP contribution in [-0.4, -0.2) is 11.5 Å². The summed E-state index contributed by atoms with van der Waals surface area (Å²) in [5, 5.41) is 11.8. The summed E-state index contributed by atoms with van der Waals surface area (Å²) < 4.78 is 0. The molecule has 0 amide bonds. The van der Waals surface area contributed by atoms with Gasteiger partial charge in [-0.05, 0) is 6.92 Å². The standard InChI is InChI=1S/C4H7NO2/c1-3(5-7)4(2)6/h7H,1-2H3/p-1/b5-3-. The summed E-state index contributed by atoms with van der Waals surface area (Å²) in [5.74, 6) is -0.269. The van der Waals surface area contributed by atoms with Gasteiger partial charge in [0, 0.05) is 6.92 Å². The fourth-order valence-electron chi connectivity index (χ4n) is 0.0643. The number of hydrogen-bond acceptors (Lipinski definition) is 3. The van der Waals surface area contributed by atoms with Crippen LogP contribution in [0.3, 0.4) is 0 Å². The minimum atomic E-state index is -0.269. The van der Waals surface area contributed by atoms with Crippen LogP contribution in [0.5, 0.6) is 0 Å². The summed E-state index contributed by atoms with van der Waals surface area (Å²) in [4.78, 5) is 10.0. The van der Waals surface area contributed by atoms with Crippen LogP contribution >= 0.6 is 0 Å². The monoisotopic (exact) mass is 100 g/mol. The summed E-state index contributed by atoms with van der Waals surface area (Å²) in [7, 11) is 0. The third-order valence-electron chi connectivity index (χ3n) is 0.646. The molecule has 0 saturated carbocycles. The largest absolute Gasteiger partial charge is 0.792 e. The highest BCUT2D eigenvalue weighted by molar-refractivity contribution is 6.38. The fourth-order valence-corrected chi connectivity index (χ4v) is 0.0643. The van der Waals surface area contributed by atoms with Crippen LogP contribution in [0.4, 0.5) is 0 Å². The number of Topliss-reactive ketones (excluding diaryl/α,β-unsaturated/α-hetero) is 1. The second-order valence-corrected chi connectivity index (χ2v) is 1.23.